The van der Waals surface area contributed by atoms with Crippen LogP contribution in [-0.2, 0) is 6.54 Å². The van der Waals surface area contributed by atoms with E-state index in [4.69, 9.17) is 10.9 Å². The van der Waals surface area contributed by atoms with Gasteiger partial charge in [-0.25, -0.2) is 4.39 Å². The highest BCUT2D eigenvalue weighted by Gasteiger charge is 2.17. The van der Waals surface area contributed by atoms with E-state index in [-0.39, 0.29) is 11.4 Å². The second kappa shape index (κ2) is 6.52. The van der Waals surface area contributed by atoms with Crippen molar-refractivity contribution in [3.8, 4) is 0 Å². The maximum atomic E-state index is 14.2. The number of benzene rings is 1. The maximum absolute atomic E-state index is 14.2. The van der Waals surface area contributed by atoms with Crippen LogP contribution in [0.3, 0.4) is 0 Å². The first kappa shape index (κ1) is 15.4. The molecule has 1 aromatic carbocycles. The summed E-state index contributed by atoms with van der Waals surface area (Å²) in [6.07, 6.45) is 0. The number of halogens is 1. The lowest BCUT2D eigenvalue weighted by Crippen LogP contribution is -2.33. The summed E-state index contributed by atoms with van der Waals surface area (Å²) >= 11 is 0. The second-order valence-corrected chi connectivity index (χ2v) is 5.16. The Hall–Kier alpha value is -1.62. The molecule has 0 saturated carbocycles. The van der Waals surface area contributed by atoms with Crippen LogP contribution in [0.25, 0.3) is 0 Å². The van der Waals surface area contributed by atoms with E-state index in [2.05, 4.69) is 30.8 Å². The molecule has 5 heteroatoms. The van der Waals surface area contributed by atoms with Gasteiger partial charge in [0.25, 0.3) is 0 Å². The van der Waals surface area contributed by atoms with Gasteiger partial charge < -0.3 is 10.9 Å². The van der Waals surface area contributed by atoms with E-state index in [0.717, 1.165) is 0 Å². The van der Waals surface area contributed by atoms with E-state index in [1.807, 2.05) is 7.05 Å². The van der Waals surface area contributed by atoms with E-state index >= 15 is 0 Å². The summed E-state index contributed by atoms with van der Waals surface area (Å²) < 4.78 is 14.2. The van der Waals surface area contributed by atoms with Crippen molar-refractivity contribution >= 4 is 5.84 Å². The smallest absolute Gasteiger partial charge is 0.173 e. The van der Waals surface area contributed by atoms with Crippen molar-refractivity contribution in [3.05, 3.63) is 35.1 Å². The van der Waals surface area contributed by atoms with Crippen LogP contribution in [0.15, 0.2) is 23.4 Å². The fourth-order valence-corrected chi connectivity index (χ4v) is 1.88. The first-order valence-electron chi connectivity index (χ1n) is 6.34. The number of hydrogen-bond donors (Lipinski definition) is 2. The molecule has 0 aromatic heterocycles. The van der Waals surface area contributed by atoms with Gasteiger partial charge in [-0.2, -0.15) is 0 Å². The molecule has 1 atom stereocenters. The molecule has 106 valence electrons. The first-order valence-corrected chi connectivity index (χ1v) is 6.34. The van der Waals surface area contributed by atoms with Gasteiger partial charge in [0.2, 0.25) is 0 Å². The Morgan fingerprint density at radius 2 is 2.05 bits per heavy atom. The molecule has 0 bridgehead atoms. The third kappa shape index (κ3) is 3.67. The Kier molecular flexibility index (Phi) is 5.30. The van der Waals surface area contributed by atoms with Gasteiger partial charge in [0.1, 0.15) is 5.82 Å². The van der Waals surface area contributed by atoms with Crippen molar-refractivity contribution in [1.29, 1.82) is 0 Å². The number of hydrogen-bond acceptors (Lipinski definition) is 3. The van der Waals surface area contributed by atoms with E-state index in [0.29, 0.717) is 24.1 Å². The third-order valence-corrected chi connectivity index (χ3v) is 3.54. The minimum absolute atomic E-state index is 0.130. The summed E-state index contributed by atoms with van der Waals surface area (Å²) in [6, 6.07) is 5.26. The van der Waals surface area contributed by atoms with Crippen LogP contribution in [0.2, 0.25) is 0 Å². The number of rotatable bonds is 5. The zero-order valence-corrected chi connectivity index (χ0v) is 11.9. The third-order valence-electron chi connectivity index (χ3n) is 3.54. The van der Waals surface area contributed by atoms with E-state index < -0.39 is 5.82 Å². The van der Waals surface area contributed by atoms with Gasteiger partial charge in [-0.1, -0.05) is 31.1 Å². The molecule has 1 aromatic rings. The van der Waals surface area contributed by atoms with Crippen molar-refractivity contribution in [2.45, 2.75) is 33.4 Å². The van der Waals surface area contributed by atoms with Crippen molar-refractivity contribution in [1.82, 2.24) is 4.90 Å². The van der Waals surface area contributed by atoms with Crippen molar-refractivity contribution in [2.24, 2.45) is 16.8 Å². The number of amidine groups is 1. The lowest BCUT2D eigenvalue weighted by atomic mass is 10.0. The maximum Gasteiger partial charge on any atom is 0.173 e. The van der Waals surface area contributed by atoms with E-state index in [1.54, 1.807) is 12.1 Å². The minimum atomic E-state index is -0.430. The highest BCUT2D eigenvalue weighted by atomic mass is 19.1. The topological polar surface area (TPSA) is 61.8 Å². The largest absolute Gasteiger partial charge is 0.409 e. The Bertz CT molecular complexity index is 460. The highest BCUT2D eigenvalue weighted by Crippen LogP contribution is 2.17. The molecule has 0 amide bonds. The molecule has 4 nitrogen and oxygen atoms in total. The van der Waals surface area contributed by atoms with Crippen LogP contribution < -0.4 is 5.73 Å². The van der Waals surface area contributed by atoms with Crippen LogP contribution in [0, 0.1) is 11.7 Å². The molecule has 0 spiro atoms. The Morgan fingerprint density at radius 3 is 2.58 bits per heavy atom. The van der Waals surface area contributed by atoms with Crippen LogP contribution in [0.1, 0.15) is 31.9 Å². The van der Waals surface area contributed by atoms with Gasteiger partial charge in [-0.15, -0.1) is 0 Å². The molecular formula is C14H22FN3O. The summed E-state index contributed by atoms with van der Waals surface area (Å²) in [5, 5.41) is 11.5. The van der Waals surface area contributed by atoms with Crippen LogP contribution in [0.4, 0.5) is 4.39 Å². The summed E-state index contributed by atoms with van der Waals surface area (Å²) in [5.74, 6) is -0.153. The van der Waals surface area contributed by atoms with Crippen LogP contribution in [-0.4, -0.2) is 29.0 Å². The zero-order chi connectivity index (χ0) is 14.6. The summed E-state index contributed by atoms with van der Waals surface area (Å²) in [4.78, 5) is 2.08. The van der Waals surface area contributed by atoms with Crippen molar-refractivity contribution in [3.63, 3.8) is 0 Å². The number of nitrogens with zero attached hydrogens (tertiary/aromatic N) is 2. The first-order chi connectivity index (χ1) is 8.88. The van der Waals surface area contributed by atoms with Crippen LogP contribution >= 0.6 is 0 Å². The van der Waals surface area contributed by atoms with Gasteiger partial charge in [-0.3, -0.25) is 4.90 Å². The number of oxime groups is 1. The SMILES string of the molecule is CC(C)C(C)N(C)Cc1cccc(/C(N)=N/O)c1F. The van der Waals surface area contributed by atoms with Gasteiger partial charge in [-0.05, 0) is 26.0 Å². The van der Waals surface area contributed by atoms with E-state index in [1.165, 1.54) is 6.07 Å². The molecule has 0 aliphatic carbocycles. The molecule has 1 rings (SSSR count). The van der Waals surface area contributed by atoms with Crippen molar-refractivity contribution in [2.75, 3.05) is 7.05 Å². The monoisotopic (exact) mass is 267 g/mol. The molecular weight excluding hydrogens is 245 g/mol. The molecule has 0 aliphatic heterocycles. The number of nitrogens with two attached hydrogens (primary N) is 1. The van der Waals surface area contributed by atoms with E-state index in [9.17, 15) is 4.39 Å². The Balaban J connectivity index is 2.97. The Labute approximate surface area is 113 Å². The predicted octanol–water partition coefficient (Wildman–Crippen LogP) is 2.40. The second-order valence-electron chi connectivity index (χ2n) is 5.16. The minimum Gasteiger partial charge on any atom is -0.409 e. The predicted molar refractivity (Wildman–Crippen MR) is 74.7 cm³/mol. The van der Waals surface area contributed by atoms with Gasteiger partial charge >= 0.3 is 0 Å². The zero-order valence-electron chi connectivity index (χ0n) is 11.9. The molecule has 0 aliphatic rings. The molecule has 0 heterocycles. The molecule has 1 unspecified atom stereocenters. The van der Waals surface area contributed by atoms with Crippen molar-refractivity contribution < 1.29 is 9.60 Å². The van der Waals surface area contributed by atoms with Crippen LogP contribution in [0.5, 0.6) is 0 Å². The molecule has 0 saturated heterocycles. The average Bonchev–Trinajstić information content (AvgIpc) is 2.39. The molecule has 3 N–H and O–H groups in total. The Morgan fingerprint density at radius 1 is 1.42 bits per heavy atom. The molecule has 19 heavy (non-hydrogen) atoms. The molecule has 0 radical (unpaired) electrons. The quantitative estimate of drug-likeness (QED) is 0.373. The van der Waals surface area contributed by atoms with Gasteiger partial charge in [0, 0.05) is 18.2 Å². The average molecular weight is 267 g/mol. The highest BCUT2D eigenvalue weighted by molar-refractivity contribution is 5.97. The fraction of sp³-hybridized carbons (Fsp3) is 0.500. The summed E-state index contributed by atoms with van der Waals surface area (Å²) in [7, 11) is 1.96. The molecule has 0 fully saturated rings. The fourth-order valence-electron chi connectivity index (χ4n) is 1.88. The normalized spacial score (nSPS) is 14.2. The van der Waals surface area contributed by atoms with Gasteiger partial charge in [0.15, 0.2) is 5.84 Å². The lowest BCUT2D eigenvalue weighted by molar-refractivity contribution is 0.198. The van der Waals surface area contributed by atoms with Gasteiger partial charge in [0.05, 0.1) is 5.56 Å². The standard InChI is InChI=1S/C14H22FN3O/c1-9(2)10(3)18(4)8-11-6-5-7-12(13(11)15)14(16)17-19/h5-7,9-10,19H,8H2,1-4H3,(H2,16,17). The summed E-state index contributed by atoms with van der Waals surface area (Å²) in [5.41, 5.74) is 6.12. The summed E-state index contributed by atoms with van der Waals surface area (Å²) in [6.45, 7) is 6.85. The lowest BCUT2D eigenvalue weighted by Gasteiger charge is -2.28.